The number of alkyl carbamates (subject to hydrolysis) is 1. The molecule has 0 radical (unpaired) electrons. The Balaban J connectivity index is 1.06. The first-order chi connectivity index (χ1) is 20.9. The maximum Gasteiger partial charge on any atom is 0.407 e. The van der Waals surface area contributed by atoms with Crippen molar-refractivity contribution in [2.45, 2.75) is 43.7 Å². The first-order valence-corrected chi connectivity index (χ1v) is 15.3. The van der Waals surface area contributed by atoms with Crippen molar-refractivity contribution in [2.24, 2.45) is 5.92 Å². The van der Waals surface area contributed by atoms with E-state index >= 15 is 0 Å². The number of carbonyl (C=O) groups excluding carboxylic acids is 3. The van der Waals surface area contributed by atoms with Gasteiger partial charge in [0.2, 0.25) is 5.91 Å². The van der Waals surface area contributed by atoms with Gasteiger partial charge < -0.3 is 25.7 Å². The molecule has 4 N–H and O–H groups in total. The Labute approximate surface area is 257 Å². The monoisotopic (exact) mass is 638 g/mol. The highest BCUT2D eigenvalue weighted by atomic mass is 79.9. The van der Waals surface area contributed by atoms with Crippen LogP contribution in [-0.4, -0.2) is 35.0 Å². The molecule has 4 aromatic rings. The molecule has 218 valence electrons. The van der Waals surface area contributed by atoms with Gasteiger partial charge in [0.15, 0.2) is 0 Å². The number of ether oxygens (including phenoxy) is 1. The fourth-order valence-electron chi connectivity index (χ4n) is 7.00. The topological polar surface area (TPSA) is 115 Å². The third-order valence-corrected chi connectivity index (χ3v) is 9.51. The van der Waals surface area contributed by atoms with Crippen LogP contribution in [0.1, 0.15) is 47.1 Å². The third kappa shape index (κ3) is 5.01. The number of Topliss-reactive ketones (excluding diaryl/α,β-unsaturated/α-hetero) is 1. The number of nitrogens with two attached hydrogens (primary N) is 1. The predicted molar refractivity (Wildman–Crippen MR) is 168 cm³/mol. The molecule has 2 heterocycles. The van der Waals surface area contributed by atoms with E-state index in [-0.39, 0.29) is 30.6 Å². The van der Waals surface area contributed by atoms with E-state index < -0.39 is 24.0 Å². The molecule has 1 aliphatic heterocycles. The molecule has 3 aliphatic rings. The highest BCUT2D eigenvalue weighted by molar-refractivity contribution is 9.10. The number of benzene rings is 3. The van der Waals surface area contributed by atoms with Gasteiger partial charge in [-0.3, -0.25) is 9.59 Å². The third-order valence-electron chi connectivity index (χ3n) is 9.02. The SMILES string of the molecule is Nc1cc(Br)ccc1NC(=O)[C@H]1CC(=O)C2c3c(ccn3C1)CC[C@@H]2NC(=O)OCC1c2ccccc2-c2ccccc21. The lowest BCUT2D eigenvalue weighted by molar-refractivity contribution is -0.127. The van der Waals surface area contributed by atoms with Gasteiger partial charge in [-0.15, -0.1) is 0 Å². The van der Waals surface area contributed by atoms with Crippen LogP contribution < -0.4 is 16.4 Å². The normalized spacial score (nSPS) is 20.4. The van der Waals surface area contributed by atoms with Crippen LogP contribution in [0.25, 0.3) is 11.1 Å². The highest BCUT2D eigenvalue weighted by Gasteiger charge is 2.42. The minimum absolute atomic E-state index is 0.0492. The summed E-state index contributed by atoms with van der Waals surface area (Å²) in [5.74, 6) is -1.50. The molecule has 1 aromatic heterocycles. The molecule has 9 heteroatoms. The predicted octanol–water partition coefficient (Wildman–Crippen LogP) is 6.00. The molecule has 7 rings (SSSR count). The van der Waals surface area contributed by atoms with Crippen LogP contribution in [-0.2, 0) is 27.3 Å². The number of carbonyl (C=O) groups is 3. The van der Waals surface area contributed by atoms with E-state index in [4.69, 9.17) is 10.5 Å². The molecule has 3 aromatic carbocycles. The lowest BCUT2D eigenvalue weighted by Gasteiger charge is -2.31. The fraction of sp³-hybridized carbons (Fsp3) is 0.265. The first kappa shape index (κ1) is 27.5. The van der Waals surface area contributed by atoms with Crippen molar-refractivity contribution in [1.29, 1.82) is 0 Å². The Hall–Kier alpha value is -4.37. The number of rotatable bonds is 5. The molecule has 43 heavy (non-hydrogen) atoms. The van der Waals surface area contributed by atoms with Crippen LogP contribution in [0.5, 0.6) is 0 Å². The summed E-state index contributed by atoms with van der Waals surface area (Å²) in [5.41, 5.74) is 13.6. The second-order valence-electron chi connectivity index (χ2n) is 11.6. The summed E-state index contributed by atoms with van der Waals surface area (Å²) in [4.78, 5) is 40.3. The first-order valence-electron chi connectivity index (χ1n) is 14.6. The van der Waals surface area contributed by atoms with Crippen LogP contribution in [0.15, 0.2) is 83.5 Å². The van der Waals surface area contributed by atoms with Crippen molar-refractivity contribution < 1.29 is 19.1 Å². The van der Waals surface area contributed by atoms with Gasteiger partial charge in [-0.25, -0.2) is 4.79 Å². The van der Waals surface area contributed by atoms with Gasteiger partial charge >= 0.3 is 6.09 Å². The number of nitrogens with zero attached hydrogens (tertiary/aromatic N) is 1. The largest absolute Gasteiger partial charge is 0.449 e. The second kappa shape index (κ2) is 11.0. The van der Waals surface area contributed by atoms with Crippen LogP contribution in [0.2, 0.25) is 0 Å². The Morgan fingerprint density at radius 3 is 2.44 bits per heavy atom. The molecule has 0 spiro atoms. The van der Waals surface area contributed by atoms with E-state index in [0.29, 0.717) is 24.3 Å². The van der Waals surface area contributed by atoms with Gasteiger partial charge in [0, 0.05) is 41.3 Å². The number of fused-ring (bicyclic) bond motifs is 3. The van der Waals surface area contributed by atoms with E-state index in [0.717, 1.165) is 44.4 Å². The number of hydrogen-bond donors (Lipinski definition) is 3. The molecule has 3 atom stereocenters. The Morgan fingerprint density at radius 2 is 1.72 bits per heavy atom. The van der Waals surface area contributed by atoms with Crippen LogP contribution in [0.3, 0.4) is 0 Å². The van der Waals surface area contributed by atoms with Gasteiger partial charge in [0.25, 0.3) is 0 Å². The quantitative estimate of drug-likeness (QED) is 0.232. The second-order valence-corrected chi connectivity index (χ2v) is 12.5. The average Bonchev–Trinajstić information content (AvgIpc) is 3.50. The summed E-state index contributed by atoms with van der Waals surface area (Å²) in [6.45, 7) is 0.575. The van der Waals surface area contributed by atoms with Gasteiger partial charge in [-0.05, 0) is 64.9 Å². The minimum atomic E-state index is -0.576. The summed E-state index contributed by atoms with van der Waals surface area (Å²) < 4.78 is 8.64. The van der Waals surface area contributed by atoms with E-state index in [2.05, 4.69) is 50.8 Å². The number of amides is 2. The lowest BCUT2D eigenvalue weighted by Crippen LogP contribution is -2.45. The van der Waals surface area contributed by atoms with Crippen LogP contribution in [0.4, 0.5) is 16.2 Å². The molecular formula is C34H31BrN4O4. The van der Waals surface area contributed by atoms with Crippen molar-refractivity contribution in [3.05, 3.63) is 106 Å². The van der Waals surface area contributed by atoms with E-state index in [1.165, 1.54) is 0 Å². The number of nitrogens with one attached hydrogen (secondary N) is 2. The van der Waals surface area contributed by atoms with Crippen molar-refractivity contribution in [3.8, 4) is 11.1 Å². The Bertz CT molecular complexity index is 1720. The number of hydrogen-bond acceptors (Lipinski definition) is 5. The van der Waals surface area contributed by atoms with Gasteiger partial charge in [0.1, 0.15) is 12.4 Å². The van der Waals surface area contributed by atoms with E-state index in [9.17, 15) is 14.4 Å². The molecule has 0 saturated heterocycles. The average molecular weight is 640 g/mol. The number of halogens is 1. The molecule has 1 unspecified atom stereocenters. The zero-order chi connectivity index (χ0) is 29.7. The summed E-state index contributed by atoms with van der Waals surface area (Å²) in [6.07, 6.45) is 2.82. The zero-order valence-electron chi connectivity index (χ0n) is 23.4. The summed E-state index contributed by atoms with van der Waals surface area (Å²) in [5, 5.41) is 5.92. The maximum absolute atomic E-state index is 13.8. The van der Waals surface area contributed by atoms with Gasteiger partial charge in [-0.2, -0.15) is 0 Å². The number of aryl methyl sites for hydroxylation is 1. The summed E-state index contributed by atoms with van der Waals surface area (Å²) >= 11 is 3.38. The van der Waals surface area contributed by atoms with Crippen molar-refractivity contribution in [2.75, 3.05) is 17.7 Å². The van der Waals surface area contributed by atoms with E-state index in [1.54, 1.807) is 18.2 Å². The number of aromatic nitrogens is 1. The Kier molecular flexibility index (Phi) is 7.05. The molecule has 8 nitrogen and oxygen atoms in total. The number of nitrogen functional groups attached to an aromatic ring is 1. The molecule has 2 amide bonds. The molecule has 0 saturated carbocycles. The molecular weight excluding hydrogens is 608 g/mol. The highest BCUT2D eigenvalue weighted by Crippen LogP contribution is 2.44. The summed E-state index contributed by atoms with van der Waals surface area (Å²) in [6, 6.07) is 23.3. The van der Waals surface area contributed by atoms with Crippen molar-refractivity contribution >= 4 is 45.1 Å². The number of anilines is 2. The summed E-state index contributed by atoms with van der Waals surface area (Å²) in [7, 11) is 0. The Morgan fingerprint density at radius 1 is 1.00 bits per heavy atom. The standard InChI is InChI=1S/C34H31BrN4O4/c35-21-10-12-28(27(36)16-21)37-33(41)20-15-30(40)31-29(11-9-19-13-14-39(17-20)32(19)31)38-34(42)43-18-26-24-7-3-1-5-22(24)23-6-2-4-8-25(23)26/h1-8,10,12-14,16,20,26,29,31H,9,11,15,17-18,36H2,(H,37,41)(H,38,42)/t20-,29-,31?/m0/s1. The fourth-order valence-corrected chi connectivity index (χ4v) is 7.38. The number of ketones is 1. The minimum Gasteiger partial charge on any atom is -0.449 e. The zero-order valence-corrected chi connectivity index (χ0v) is 25.0. The smallest absolute Gasteiger partial charge is 0.407 e. The van der Waals surface area contributed by atoms with Gasteiger partial charge in [0.05, 0.1) is 23.2 Å². The van der Waals surface area contributed by atoms with Crippen molar-refractivity contribution in [3.63, 3.8) is 0 Å². The van der Waals surface area contributed by atoms with E-state index in [1.807, 2.05) is 41.1 Å². The van der Waals surface area contributed by atoms with Gasteiger partial charge in [-0.1, -0.05) is 64.5 Å². The lowest BCUT2D eigenvalue weighted by atomic mass is 9.79. The maximum atomic E-state index is 13.8. The van der Waals surface area contributed by atoms with Crippen molar-refractivity contribution in [1.82, 2.24) is 9.88 Å². The molecule has 0 bridgehead atoms. The van der Waals surface area contributed by atoms with Crippen LogP contribution in [0, 0.1) is 5.92 Å². The van der Waals surface area contributed by atoms with Crippen LogP contribution >= 0.6 is 15.9 Å². The molecule has 2 aliphatic carbocycles. The molecule has 0 fully saturated rings.